The molecular formula is C11H14IN5. The van der Waals surface area contributed by atoms with Gasteiger partial charge >= 0.3 is 0 Å². The lowest BCUT2D eigenvalue weighted by atomic mass is 10.2. The van der Waals surface area contributed by atoms with E-state index in [9.17, 15) is 0 Å². The third-order valence-electron chi connectivity index (χ3n) is 2.45. The van der Waals surface area contributed by atoms with E-state index in [4.69, 9.17) is 5.73 Å². The zero-order valence-electron chi connectivity index (χ0n) is 9.81. The first kappa shape index (κ1) is 12.3. The molecule has 0 fully saturated rings. The molecule has 2 N–H and O–H groups in total. The molecule has 2 rings (SSSR count). The van der Waals surface area contributed by atoms with Crippen molar-refractivity contribution in [1.29, 1.82) is 0 Å². The summed E-state index contributed by atoms with van der Waals surface area (Å²) >= 11 is 2.22. The Morgan fingerprint density at radius 2 is 2.18 bits per heavy atom. The van der Waals surface area contributed by atoms with Gasteiger partial charge in [-0.25, -0.2) is 14.6 Å². The average molecular weight is 343 g/mol. The van der Waals surface area contributed by atoms with Crippen LogP contribution >= 0.6 is 22.6 Å². The number of hydrogen-bond acceptors (Lipinski definition) is 4. The Hall–Kier alpha value is -1.18. The summed E-state index contributed by atoms with van der Waals surface area (Å²) in [5, 5.41) is 4.25. The molecule has 0 aliphatic rings. The molecule has 0 aliphatic carbocycles. The summed E-state index contributed by atoms with van der Waals surface area (Å²) in [6.45, 7) is 4.00. The quantitative estimate of drug-likeness (QED) is 0.867. The minimum absolute atomic E-state index is 0.531. The second-order valence-corrected chi connectivity index (χ2v) is 5.07. The van der Waals surface area contributed by atoms with Gasteiger partial charge < -0.3 is 5.73 Å². The summed E-state index contributed by atoms with van der Waals surface area (Å²) in [6.07, 6.45) is 5.54. The monoisotopic (exact) mass is 343 g/mol. The van der Waals surface area contributed by atoms with E-state index in [0.717, 1.165) is 33.6 Å². The van der Waals surface area contributed by atoms with Crippen molar-refractivity contribution in [2.75, 3.05) is 5.73 Å². The molecule has 0 aromatic carbocycles. The second kappa shape index (κ2) is 4.99. The van der Waals surface area contributed by atoms with Crippen LogP contribution in [0.25, 0.3) is 5.82 Å². The molecular weight excluding hydrogens is 329 g/mol. The number of nitrogens with two attached hydrogens (primary N) is 1. The maximum Gasteiger partial charge on any atom is 0.162 e. The van der Waals surface area contributed by atoms with Crippen LogP contribution in [0, 0.1) is 10.5 Å². The minimum atomic E-state index is 0.531. The number of nitrogen functional groups attached to an aromatic ring is 1. The first-order valence-corrected chi connectivity index (χ1v) is 6.53. The van der Waals surface area contributed by atoms with Gasteiger partial charge in [0, 0.05) is 18.2 Å². The normalized spacial score (nSPS) is 10.8. The van der Waals surface area contributed by atoms with E-state index >= 15 is 0 Å². The van der Waals surface area contributed by atoms with Crippen LogP contribution in [0.15, 0.2) is 12.4 Å². The van der Waals surface area contributed by atoms with Crippen LogP contribution < -0.4 is 5.73 Å². The lowest BCUT2D eigenvalue weighted by Crippen LogP contribution is -2.09. The summed E-state index contributed by atoms with van der Waals surface area (Å²) in [7, 11) is 0. The highest BCUT2D eigenvalue weighted by Gasteiger charge is 2.10. The lowest BCUT2D eigenvalue weighted by Gasteiger charge is -2.09. The van der Waals surface area contributed by atoms with Crippen molar-refractivity contribution in [3.63, 3.8) is 0 Å². The molecule has 0 amide bonds. The predicted octanol–water partition coefficient (Wildman–Crippen LogP) is 2.11. The van der Waals surface area contributed by atoms with E-state index < -0.39 is 0 Å². The third kappa shape index (κ3) is 2.56. The van der Waals surface area contributed by atoms with Gasteiger partial charge in [-0.05, 0) is 35.9 Å². The van der Waals surface area contributed by atoms with Crippen LogP contribution in [0.4, 0.5) is 5.82 Å². The molecule has 2 heterocycles. The smallest absolute Gasteiger partial charge is 0.162 e. The standard InChI is InChI=1S/C11H14IN5/c1-3-4-9-15-10(13)7(2)11(16-9)17-6-8(12)5-14-17/h5-6H,3-4H2,1-2H3,(H2,13,15,16). The van der Waals surface area contributed by atoms with Crippen LogP contribution in [-0.2, 0) is 6.42 Å². The number of anilines is 1. The maximum absolute atomic E-state index is 5.90. The van der Waals surface area contributed by atoms with Gasteiger partial charge in [-0.1, -0.05) is 6.92 Å². The molecule has 2 aromatic heterocycles. The van der Waals surface area contributed by atoms with Crippen LogP contribution in [0.3, 0.4) is 0 Å². The van der Waals surface area contributed by atoms with Gasteiger partial charge in [0.25, 0.3) is 0 Å². The molecule has 0 aliphatic heterocycles. The number of nitrogens with zero attached hydrogens (tertiary/aromatic N) is 4. The van der Waals surface area contributed by atoms with Crippen LogP contribution in [0.5, 0.6) is 0 Å². The summed E-state index contributed by atoms with van der Waals surface area (Å²) < 4.78 is 2.81. The first-order valence-electron chi connectivity index (χ1n) is 5.45. The molecule has 0 saturated carbocycles. The molecule has 6 heteroatoms. The van der Waals surface area contributed by atoms with Crippen molar-refractivity contribution in [3.8, 4) is 5.82 Å². The van der Waals surface area contributed by atoms with Crippen LogP contribution in [0.2, 0.25) is 0 Å². The van der Waals surface area contributed by atoms with Crippen molar-refractivity contribution >= 4 is 28.4 Å². The van der Waals surface area contributed by atoms with Gasteiger partial charge in [0.1, 0.15) is 11.6 Å². The van der Waals surface area contributed by atoms with Crippen molar-refractivity contribution in [3.05, 3.63) is 27.4 Å². The first-order chi connectivity index (χ1) is 8.11. The van der Waals surface area contributed by atoms with Crippen LogP contribution in [-0.4, -0.2) is 19.7 Å². The molecule has 0 unspecified atom stereocenters. The number of hydrogen-bond donors (Lipinski definition) is 1. The number of halogens is 1. The third-order valence-corrected chi connectivity index (χ3v) is 3.00. The average Bonchev–Trinajstić information content (AvgIpc) is 2.70. The summed E-state index contributed by atoms with van der Waals surface area (Å²) in [6, 6.07) is 0. The molecule has 5 nitrogen and oxygen atoms in total. The van der Waals surface area contributed by atoms with Crippen molar-refractivity contribution < 1.29 is 0 Å². The Morgan fingerprint density at radius 1 is 1.41 bits per heavy atom. The van der Waals surface area contributed by atoms with Crippen molar-refractivity contribution in [2.24, 2.45) is 0 Å². The van der Waals surface area contributed by atoms with E-state index in [1.54, 1.807) is 10.9 Å². The SMILES string of the molecule is CCCc1nc(N)c(C)c(-n2cc(I)cn2)n1. The maximum atomic E-state index is 5.90. The van der Waals surface area contributed by atoms with E-state index in [-0.39, 0.29) is 0 Å². The van der Waals surface area contributed by atoms with Gasteiger partial charge in [-0.3, -0.25) is 0 Å². The zero-order chi connectivity index (χ0) is 12.4. The van der Waals surface area contributed by atoms with E-state index in [1.807, 2.05) is 13.1 Å². The Kier molecular flexibility index (Phi) is 3.60. The molecule has 0 saturated heterocycles. The highest BCUT2D eigenvalue weighted by atomic mass is 127. The molecule has 0 radical (unpaired) electrons. The summed E-state index contributed by atoms with van der Waals surface area (Å²) in [4.78, 5) is 8.79. The summed E-state index contributed by atoms with van der Waals surface area (Å²) in [5.74, 6) is 2.07. The minimum Gasteiger partial charge on any atom is -0.383 e. The topological polar surface area (TPSA) is 69.6 Å². The summed E-state index contributed by atoms with van der Waals surface area (Å²) in [5.41, 5.74) is 6.77. The molecule has 0 spiro atoms. The molecule has 0 bridgehead atoms. The van der Waals surface area contributed by atoms with E-state index in [2.05, 4.69) is 44.6 Å². The highest BCUT2D eigenvalue weighted by Crippen LogP contribution is 2.17. The van der Waals surface area contributed by atoms with Crippen molar-refractivity contribution in [1.82, 2.24) is 19.7 Å². The molecule has 2 aromatic rings. The second-order valence-electron chi connectivity index (χ2n) is 3.83. The van der Waals surface area contributed by atoms with Gasteiger partial charge in [-0.2, -0.15) is 5.10 Å². The fraction of sp³-hybridized carbons (Fsp3) is 0.364. The fourth-order valence-corrected chi connectivity index (χ4v) is 1.93. The molecule has 17 heavy (non-hydrogen) atoms. The fourth-order valence-electron chi connectivity index (χ4n) is 1.54. The van der Waals surface area contributed by atoms with Crippen molar-refractivity contribution in [2.45, 2.75) is 26.7 Å². The van der Waals surface area contributed by atoms with Gasteiger partial charge in [0.05, 0.1) is 9.77 Å². The number of aryl methyl sites for hydroxylation is 1. The van der Waals surface area contributed by atoms with E-state index in [0.29, 0.717) is 5.82 Å². The Bertz CT molecular complexity index is 535. The Balaban J connectivity index is 2.52. The highest BCUT2D eigenvalue weighted by molar-refractivity contribution is 14.1. The Morgan fingerprint density at radius 3 is 2.76 bits per heavy atom. The molecule has 90 valence electrons. The van der Waals surface area contributed by atoms with Gasteiger partial charge in [0.15, 0.2) is 5.82 Å². The van der Waals surface area contributed by atoms with Gasteiger partial charge in [0.2, 0.25) is 0 Å². The largest absolute Gasteiger partial charge is 0.383 e. The number of aromatic nitrogens is 4. The molecule has 0 atom stereocenters. The van der Waals surface area contributed by atoms with E-state index in [1.165, 1.54) is 0 Å². The Labute approximate surface area is 114 Å². The lowest BCUT2D eigenvalue weighted by molar-refractivity contribution is 0.780. The number of rotatable bonds is 3. The van der Waals surface area contributed by atoms with Gasteiger partial charge in [-0.15, -0.1) is 0 Å². The zero-order valence-corrected chi connectivity index (χ0v) is 12.0. The van der Waals surface area contributed by atoms with Crippen LogP contribution in [0.1, 0.15) is 24.7 Å². The predicted molar refractivity (Wildman–Crippen MR) is 75.0 cm³/mol.